The van der Waals surface area contributed by atoms with Gasteiger partial charge in [0.05, 0.1) is 12.1 Å². The van der Waals surface area contributed by atoms with Crippen molar-refractivity contribution in [2.24, 2.45) is 0 Å². The first kappa shape index (κ1) is 13.4. The van der Waals surface area contributed by atoms with Crippen LogP contribution >= 0.6 is 11.3 Å². The van der Waals surface area contributed by atoms with Gasteiger partial charge in [-0.2, -0.15) is 0 Å². The van der Waals surface area contributed by atoms with E-state index in [2.05, 4.69) is 10.6 Å². The van der Waals surface area contributed by atoms with E-state index in [1.54, 1.807) is 11.3 Å². The average molecular weight is 268 g/mol. The van der Waals surface area contributed by atoms with E-state index in [1.807, 2.05) is 18.4 Å². The standard InChI is InChI=1S/C13H20N2O2S/c1-10-4-7-18-11(10)8-14-12(16)15-9-13(17)5-2-3-6-13/h4,7,17H,2-3,5-6,8-9H2,1H3,(H2,14,15,16). The van der Waals surface area contributed by atoms with Crippen LogP contribution in [-0.4, -0.2) is 23.3 Å². The number of nitrogens with one attached hydrogen (secondary N) is 2. The first-order chi connectivity index (χ1) is 8.59. The highest BCUT2D eigenvalue weighted by molar-refractivity contribution is 7.10. The van der Waals surface area contributed by atoms with Gasteiger partial charge in [0.25, 0.3) is 0 Å². The minimum atomic E-state index is -0.684. The third-order valence-corrected chi connectivity index (χ3v) is 4.51. The Morgan fingerprint density at radius 2 is 2.17 bits per heavy atom. The Bertz CT molecular complexity index is 411. The van der Waals surface area contributed by atoms with Crippen LogP contribution in [-0.2, 0) is 6.54 Å². The molecule has 1 saturated carbocycles. The number of hydrogen-bond donors (Lipinski definition) is 3. The lowest BCUT2D eigenvalue weighted by Gasteiger charge is -2.22. The van der Waals surface area contributed by atoms with Gasteiger partial charge in [0.2, 0.25) is 0 Å². The molecule has 1 aromatic heterocycles. The molecule has 18 heavy (non-hydrogen) atoms. The van der Waals surface area contributed by atoms with Gasteiger partial charge in [-0.1, -0.05) is 12.8 Å². The minimum Gasteiger partial charge on any atom is -0.388 e. The molecule has 0 saturated heterocycles. The summed E-state index contributed by atoms with van der Waals surface area (Å²) in [4.78, 5) is 12.8. The highest BCUT2D eigenvalue weighted by Crippen LogP contribution is 2.28. The van der Waals surface area contributed by atoms with Gasteiger partial charge in [0.15, 0.2) is 0 Å². The molecule has 1 aromatic rings. The third-order valence-electron chi connectivity index (χ3n) is 3.49. The normalized spacial score (nSPS) is 17.7. The number of urea groups is 1. The molecular weight excluding hydrogens is 248 g/mol. The summed E-state index contributed by atoms with van der Waals surface area (Å²) in [6.07, 6.45) is 3.68. The summed E-state index contributed by atoms with van der Waals surface area (Å²) in [6, 6.07) is 1.84. The van der Waals surface area contributed by atoms with Crippen LogP contribution in [0.1, 0.15) is 36.1 Å². The molecule has 1 heterocycles. The van der Waals surface area contributed by atoms with Crippen molar-refractivity contribution < 1.29 is 9.90 Å². The molecule has 2 rings (SSSR count). The quantitative estimate of drug-likeness (QED) is 0.783. The SMILES string of the molecule is Cc1ccsc1CNC(=O)NCC1(O)CCCC1. The van der Waals surface area contributed by atoms with E-state index in [0.29, 0.717) is 13.1 Å². The van der Waals surface area contributed by atoms with E-state index in [-0.39, 0.29) is 6.03 Å². The summed E-state index contributed by atoms with van der Waals surface area (Å²) in [5.74, 6) is 0. The fraction of sp³-hybridized carbons (Fsp3) is 0.615. The molecule has 0 aliphatic heterocycles. The second kappa shape index (κ2) is 5.71. The summed E-state index contributed by atoms with van der Waals surface area (Å²) in [5, 5.41) is 17.7. The monoisotopic (exact) mass is 268 g/mol. The summed E-state index contributed by atoms with van der Waals surface area (Å²) in [5.41, 5.74) is 0.519. The number of aliphatic hydroxyl groups is 1. The topological polar surface area (TPSA) is 61.4 Å². The van der Waals surface area contributed by atoms with Crippen LogP contribution in [0, 0.1) is 6.92 Å². The molecule has 0 bridgehead atoms. The van der Waals surface area contributed by atoms with Crippen molar-refractivity contribution in [3.63, 3.8) is 0 Å². The predicted molar refractivity (Wildman–Crippen MR) is 72.7 cm³/mol. The fourth-order valence-corrected chi connectivity index (χ4v) is 3.11. The van der Waals surface area contributed by atoms with E-state index < -0.39 is 5.60 Å². The number of rotatable bonds is 4. The summed E-state index contributed by atoms with van der Waals surface area (Å²) >= 11 is 1.64. The van der Waals surface area contributed by atoms with Gasteiger partial charge in [-0.15, -0.1) is 11.3 Å². The summed E-state index contributed by atoms with van der Waals surface area (Å²) < 4.78 is 0. The molecule has 0 atom stereocenters. The highest BCUT2D eigenvalue weighted by atomic mass is 32.1. The number of carbonyl (C=O) groups is 1. The van der Waals surface area contributed by atoms with E-state index in [0.717, 1.165) is 25.7 Å². The van der Waals surface area contributed by atoms with E-state index in [1.165, 1.54) is 10.4 Å². The van der Waals surface area contributed by atoms with Crippen LogP contribution in [0.4, 0.5) is 4.79 Å². The van der Waals surface area contributed by atoms with Crippen molar-refractivity contribution in [1.82, 2.24) is 10.6 Å². The smallest absolute Gasteiger partial charge is 0.315 e. The number of aryl methyl sites for hydroxylation is 1. The zero-order valence-electron chi connectivity index (χ0n) is 10.7. The van der Waals surface area contributed by atoms with Gasteiger partial charge in [0.1, 0.15) is 0 Å². The average Bonchev–Trinajstić information content (AvgIpc) is 2.94. The van der Waals surface area contributed by atoms with Crippen LogP contribution in [0.15, 0.2) is 11.4 Å². The van der Waals surface area contributed by atoms with Gasteiger partial charge >= 0.3 is 6.03 Å². The fourth-order valence-electron chi connectivity index (χ4n) is 2.26. The summed E-state index contributed by atoms with van der Waals surface area (Å²) in [7, 11) is 0. The first-order valence-corrected chi connectivity index (χ1v) is 7.24. The molecule has 4 nitrogen and oxygen atoms in total. The van der Waals surface area contributed by atoms with E-state index >= 15 is 0 Å². The zero-order chi connectivity index (χ0) is 13.0. The maximum Gasteiger partial charge on any atom is 0.315 e. The Hall–Kier alpha value is -1.07. The lowest BCUT2D eigenvalue weighted by Crippen LogP contribution is -2.44. The Kier molecular flexibility index (Phi) is 4.24. The van der Waals surface area contributed by atoms with E-state index in [4.69, 9.17) is 0 Å². The first-order valence-electron chi connectivity index (χ1n) is 6.36. The van der Waals surface area contributed by atoms with Crippen molar-refractivity contribution in [2.75, 3.05) is 6.54 Å². The molecule has 3 N–H and O–H groups in total. The van der Waals surface area contributed by atoms with Gasteiger partial charge in [-0.3, -0.25) is 0 Å². The maximum absolute atomic E-state index is 11.6. The maximum atomic E-state index is 11.6. The minimum absolute atomic E-state index is 0.205. The van der Waals surface area contributed by atoms with Crippen molar-refractivity contribution in [2.45, 2.75) is 44.8 Å². The molecule has 0 radical (unpaired) electrons. The number of hydrogen-bond acceptors (Lipinski definition) is 3. The van der Waals surface area contributed by atoms with Crippen LogP contribution in [0.25, 0.3) is 0 Å². The molecule has 1 aliphatic rings. The highest BCUT2D eigenvalue weighted by Gasteiger charge is 2.31. The lowest BCUT2D eigenvalue weighted by atomic mass is 10.0. The van der Waals surface area contributed by atoms with Crippen LogP contribution in [0.5, 0.6) is 0 Å². The van der Waals surface area contributed by atoms with Crippen molar-refractivity contribution in [3.8, 4) is 0 Å². The number of carbonyl (C=O) groups excluding carboxylic acids is 1. The molecule has 1 aliphatic carbocycles. The molecule has 100 valence electrons. The van der Waals surface area contributed by atoms with Gasteiger partial charge in [0, 0.05) is 11.4 Å². The molecule has 5 heteroatoms. The molecule has 1 fully saturated rings. The molecule has 0 unspecified atom stereocenters. The van der Waals surface area contributed by atoms with Crippen molar-refractivity contribution >= 4 is 17.4 Å². The van der Waals surface area contributed by atoms with Gasteiger partial charge < -0.3 is 15.7 Å². The van der Waals surface area contributed by atoms with Gasteiger partial charge in [-0.25, -0.2) is 4.79 Å². The van der Waals surface area contributed by atoms with Crippen LogP contribution in [0.2, 0.25) is 0 Å². The van der Waals surface area contributed by atoms with Crippen LogP contribution in [0.3, 0.4) is 0 Å². The third kappa shape index (κ3) is 3.46. The largest absolute Gasteiger partial charge is 0.388 e. The summed E-state index contributed by atoms with van der Waals surface area (Å²) in [6.45, 7) is 2.93. The van der Waals surface area contributed by atoms with Crippen LogP contribution < -0.4 is 10.6 Å². The zero-order valence-corrected chi connectivity index (χ0v) is 11.5. The molecule has 2 amide bonds. The Morgan fingerprint density at radius 3 is 2.78 bits per heavy atom. The van der Waals surface area contributed by atoms with Gasteiger partial charge in [-0.05, 0) is 36.8 Å². The van der Waals surface area contributed by atoms with Crippen molar-refractivity contribution in [1.29, 1.82) is 0 Å². The Morgan fingerprint density at radius 1 is 1.44 bits per heavy atom. The Labute approximate surface area is 111 Å². The van der Waals surface area contributed by atoms with E-state index in [9.17, 15) is 9.90 Å². The molecular formula is C13H20N2O2S. The molecule has 0 spiro atoms. The Balaban J connectivity index is 1.71. The van der Waals surface area contributed by atoms with Crippen molar-refractivity contribution in [3.05, 3.63) is 21.9 Å². The number of thiophene rings is 1. The second-order valence-electron chi connectivity index (χ2n) is 4.99. The molecule has 0 aromatic carbocycles. The number of amides is 2. The second-order valence-corrected chi connectivity index (χ2v) is 6.00. The lowest BCUT2D eigenvalue weighted by molar-refractivity contribution is 0.0501. The predicted octanol–water partition coefficient (Wildman–Crippen LogP) is 2.16.